The van der Waals surface area contributed by atoms with Gasteiger partial charge in [-0.15, -0.1) is 0 Å². The Hall–Kier alpha value is -3.02. The minimum Gasteiger partial charge on any atom is -0.330 e. The number of rotatable bonds is 9. The fraction of sp³-hybridized carbons (Fsp3) is 0.360. The second-order valence-corrected chi connectivity index (χ2v) is 7.95. The third-order valence-corrected chi connectivity index (χ3v) is 5.46. The molecule has 0 atom stereocenters. The highest BCUT2D eigenvalue weighted by molar-refractivity contribution is 6.01. The molecule has 1 aliphatic heterocycles. The van der Waals surface area contributed by atoms with Gasteiger partial charge in [0.25, 0.3) is 5.91 Å². The van der Waals surface area contributed by atoms with E-state index in [9.17, 15) is 13.6 Å². The zero-order valence-electron chi connectivity index (χ0n) is 18.4. The lowest BCUT2D eigenvalue weighted by atomic mass is 9.98. The minimum absolute atomic E-state index is 0.0812. The number of carbonyl (C=O) groups is 1. The summed E-state index contributed by atoms with van der Waals surface area (Å²) in [7, 11) is 1.90. The fourth-order valence-electron chi connectivity index (χ4n) is 3.98. The maximum Gasteiger partial charge on any atom is 0.255 e. The van der Waals surface area contributed by atoms with Gasteiger partial charge in [-0.1, -0.05) is 43.0 Å². The van der Waals surface area contributed by atoms with Crippen LogP contribution >= 0.6 is 0 Å². The van der Waals surface area contributed by atoms with Crippen molar-refractivity contribution in [1.29, 1.82) is 0 Å². The van der Waals surface area contributed by atoms with Crippen LogP contribution in [0, 0.1) is 6.92 Å². The standard InChI is InChI=1S/C25H29F2N3O/c1-5-7-21-15-30(25(31)24(21)17(2)8-6-9-23(26)27)14-19-10-12-20(13-11-19)22-16-29(4)28-18(22)3/h5,7,10-13,16,23H,2,6,8-9,14-15H2,1,3-4H3/b7-5-. The van der Waals surface area contributed by atoms with Crippen LogP contribution < -0.4 is 0 Å². The first-order valence-electron chi connectivity index (χ1n) is 10.5. The van der Waals surface area contributed by atoms with Gasteiger partial charge in [-0.2, -0.15) is 5.10 Å². The number of aryl methyl sites for hydroxylation is 2. The molecule has 0 fully saturated rings. The van der Waals surface area contributed by atoms with E-state index in [1.54, 1.807) is 9.58 Å². The number of nitrogens with zero attached hydrogens (tertiary/aromatic N) is 3. The van der Waals surface area contributed by atoms with Gasteiger partial charge in [0.15, 0.2) is 0 Å². The van der Waals surface area contributed by atoms with E-state index < -0.39 is 6.43 Å². The zero-order chi connectivity index (χ0) is 22.5. The molecular formula is C25H29F2N3O. The van der Waals surface area contributed by atoms with Crippen LogP contribution in [-0.4, -0.2) is 33.6 Å². The van der Waals surface area contributed by atoms with Gasteiger partial charge in [0.2, 0.25) is 6.43 Å². The maximum atomic E-state index is 13.1. The maximum absolute atomic E-state index is 13.1. The lowest BCUT2D eigenvalue weighted by molar-refractivity contribution is -0.125. The lowest BCUT2D eigenvalue weighted by Crippen LogP contribution is -2.27. The predicted octanol–water partition coefficient (Wildman–Crippen LogP) is 5.60. The van der Waals surface area contributed by atoms with Gasteiger partial charge in [-0.05, 0) is 49.0 Å². The Balaban J connectivity index is 1.71. The van der Waals surface area contributed by atoms with E-state index >= 15 is 0 Å². The number of allylic oxidation sites excluding steroid dienone is 1. The normalized spacial score (nSPS) is 14.5. The van der Waals surface area contributed by atoms with E-state index in [-0.39, 0.29) is 12.3 Å². The largest absolute Gasteiger partial charge is 0.330 e. The summed E-state index contributed by atoms with van der Waals surface area (Å²) in [6.07, 6.45) is 4.03. The summed E-state index contributed by atoms with van der Waals surface area (Å²) in [5.74, 6) is -0.0812. The molecule has 6 heteroatoms. The van der Waals surface area contributed by atoms with Crippen LogP contribution in [-0.2, 0) is 18.4 Å². The van der Waals surface area contributed by atoms with Crippen LogP contribution in [0.2, 0.25) is 0 Å². The van der Waals surface area contributed by atoms with Crippen molar-refractivity contribution < 1.29 is 13.6 Å². The monoisotopic (exact) mass is 425 g/mol. The molecule has 1 aromatic heterocycles. The van der Waals surface area contributed by atoms with Crippen molar-refractivity contribution in [2.45, 2.75) is 46.1 Å². The molecule has 3 rings (SSSR count). The number of amides is 1. The first-order chi connectivity index (χ1) is 14.8. The Morgan fingerprint density at radius 2 is 2.00 bits per heavy atom. The summed E-state index contributed by atoms with van der Waals surface area (Å²) in [5.41, 5.74) is 6.30. The van der Waals surface area contributed by atoms with Crippen molar-refractivity contribution >= 4 is 5.91 Å². The van der Waals surface area contributed by atoms with E-state index in [4.69, 9.17) is 0 Å². The minimum atomic E-state index is -2.33. The van der Waals surface area contributed by atoms with Crippen molar-refractivity contribution in [1.82, 2.24) is 14.7 Å². The van der Waals surface area contributed by atoms with E-state index in [1.807, 2.05) is 63.5 Å². The van der Waals surface area contributed by atoms with Crippen LogP contribution in [0.3, 0.4) is 0 Å². The third-order valence-electron chi connectivity index (χ3n) is 5.46. The molecule has 4 nitrogen and oxygen atoms in total. The summed E-state index contributed by atoms with van der Waals surface area (Å²) >= 11 is 0. The van der Waals surface area contributed by atoms with Crippen molar-refractivity contribution in [3.8, 4) is 11.1 Å². The Morgan fingerprint density at radius 3 is 2.58 bits per heavy atom. The average Bonchev–Trinajstić information content (AvgIpc) is 3.20. The Labute approximate surface area is 182 Å². The van der Waals surface area contributed by atoms with Gasteiger partial charge in [-0.25, -0.2) is 8.78 Å². The summed E-state index contributed by atoms with van der Waals surface area (Å²) in [4.78, 5) is 14.9. The molecule has 0 radical (unpaired) electrons. The molecular weight excluding hydrogens is 396 g/mol. The Bertz CT molecular complexity index is 1020. The van der Waals surface area contributed by atoms with Crippen LogP contribution in [0.1, 0.15) is 37.4 Å². The number of alkyl halides is 2. The quantitative estimate of drug-likeness (QED) is 0.524. The van der Waals surface area contributed by atoms with Crippen LogP contribution in [0.15, 0.2) is 65.9 Å². The topological polar surface area (TPSA) is 38.1 Å². The van der Waals surface area contributed by atoms with E-state index in [0.29, 0.717) is 37.1 Å². The highest BCUT2D eigenvalue weighted by Gasteiger charge is 2.30. The van der Waals surface area contributed by atoms with E-state index in [0.717, 1.165) is 28.0 Å². The third kappa shape index (κ3) is 5.37. The molecule has 2 heterocycles. The van der Waals surface area contributed by atoms with Crippen LogP contribution in [0.4, 0.5) is 8.78 Å². The highest BCUT2D eigenvalue weighted by atomic mass is 19.3. The SMILES string of the molecule is C=C(CCCC(F)F)C1=C(/C=C\C)CN(Cc2ccc(-c3cn(C)nc3C)cc2)C1=O. The molecule has 0 saturated carbocycles. The fourth-order valence-corrected chi connectivity index (χ4v) is 3.98. The second-order valence-electron chi connectivity index (χ2n) is 7.95. The second kappa shape index (κ2) is 9.86. The number of hydrogen-bond donors (Lipinski definition) is 0. The number of hydrogen-bond acceptors (Lipinski definition) is 2. The highest BCUT2D eigenvalue weighted by Crippen LogP contribution is 2.30. The lowest BCUT2D eigenvalue weighted by Gasteiger charge is -2.17. The molecule has 31 heavy (non-hydrogen) atoms. The summed E-state index contributed by atoms with van der Waals surface area (Å²) in [6, 6.07) is 8.15. The molecule has 1 amide bonds. The molecule has 2 aromatic rings. The number of aromatic nitrogens is 2. The number of benzene rings is 1. The van der Waals surface area contributed by atoms with Crippen molar-refractivity contribution in [3.05, 3.63) is 77.2 Å². The molecule has 0 saturated heterocycles. The Kier molecular flexibility index (Phi) is 7.21. The molecule has 1 aliphatic rings. The predicted molar refractivity (Wildman–Crippen MR) is 120 cm³/mol. The van der Waals surface area contributed by atoms with E-state index in [2.05, 4.69) is 11.7 Å². The molecule has 0 N–H and O–H groups in total. The average molecular weight is 426 g/mol. The molecule has 1 aromatic carbocycles. The first kappa shape index (κ1) is 22.7. The van der Waals surface area contributed by atoms with Gasteiger partial charge in [0, 0.05) is 43.9 Å². The molecule has 0 bridgehead atoms. The van der Waals surface area contributed by atoms with Gasteiger partial charge in [0.05, 0.1) is 5.69 Å². The molecule has 0 spiro atoms. The summed E-state index contributed by atoms with van der Waals surface area (Å²) in [6.45, 7) is 8.88. The molecule has 0 aliphatic carbocycles. The summed E-state index contributed by atoms with van der Waals surface area (Å²) in [5, 5.41) is 4.39. The zero-order valence-corrected chi connectivity index (χ0v) is 18.4. The Morgan fingerprint density at radius 1 is 1.29 bits per heavy atom. The van der Waals surface area contributed by atoms with E-state index in [1.165, 1.54) is 0 Å². The van der Waals surface area contributed by atoms with Crippen LogP contribution in [0.5, 0.6) is 0 Å². The molecule has 164 valence electrons. The van der Waals surface area contributed by atoms with Gasteiger partial charge in [0.1, 0.15) is 0 Å². The smallest absolute Gasteiger partial charge is 0.255 e. The van der Waals surface area contributed by atoms with Gasteiger partial charge in [-0.3, -0.25) is 9.48 Å². The molecule has 0 unspecified atom stereocenters. The van der Waals surface area contributed by atoms with Crippen molar-refractivity contribution in [3.63, 3.8) is 0 Å². The van der Waals surface area contributed by atoms with Gasteiger partial charge >= 0.3 is 0 Å². The number of halogens is 2. The van der Waals surface area contributed by atoms with Crippen molar-refractivity contribution in [2.75, 3.05) is 6.54 Å². The first-order valence-corrected chi connectivity index (χ1v) is 10.5. The van der Waals surface area contributed by atoms with Crippen molar-refractivity contribution in [2.24, 2.45) is 7.05 Å². The van der Waals surface area contributed by atoms with Gasteiger partial charge < -0.3 is 4.90 Å². The van der Waals surface area contributed by atoms with Crippen LogP contribution in [0.25, 0.3) is 11.1 Å². The number of carbonyl (C=O) groups excluding carboxylic acids is 1. The summed E-state index contributed by atoms with van der Waals surface area (Å²) < 4.78 is 26.7.